The van der Waals surface area contributed by atoms with Gasteiger partial charge in [0.15, 0.2) is 0 Å². The van der Waals surface area contributed by atoms with Gasteiger partial charge in [-0.1, -0.05) is 25.7 Å². The quantitative estimate of drug-likeness (QED) is 0.319. The summed E-state index contributed by atoms with van der Waals surface area (Å²) in [5, 5.41) is 40.8. The second kappa shape index (κ2) is 12.1. The zero-order chi connectivity index (χ0) is 21.2. The Kier molecular flexibility index (Phi) is 9.89. The maximum atomic E-state index is 11.7. The summed E-state index contributed by atoms with van der Waals surface area (Å²) in [6, 6.07) is -0.857. The molecule has 1 aromatic rings. The maximum absolute atomic E-state index is 11.7. The van der Waals surface area contributed by atoms with E-state index in [1.807, 2.05) is 0 Å². The zero-order valence-corrected chi connectivity index (χ0v) is 17.0. The SMILES string of the molecule is CC(=O)N[C@@H]1[C@@H](O)[C@@H](O)[C@@H](CO)O[C@@H]1c1cnncc1CCCCCCCCN. The van der Waals surface area contributed by atoms with Crippen molar-refractivity contribution in [3.8, 4) is 0 Å². The lowest BCUT2D eigenvalue weighted by Gasteiger charge is -2.43. The molecule has 2 heterocycles. The summed E-state index contributed by atoms with van der Waals surface area (Å²) in [6.07, 6.45) is 6.26. The molecule has 9 heteroatoms. The fourth-order valence-electron chi connectivity index (χ4n) is 3.77. The number of aromatic nitrogens is 2. The van der Waals surface area contributed by atoms with Crippen molar-refractivity contribution in [2.45, 2.75) is 82.3 Å². The molecule has 0 aliphatic carbocycles. The van der Waals surface area contributed by atoms with E-state index in [2.05, 4.69) is 15.5 Å². The highest BCUT2D eigenvalue weighted by Crippen LogP contribution is 2.34. The van der Waals surface area contributed by atoms with Gasteiger partial charge >= 0.3 is 0 Å². The molecule has 5 atom stereocenters. The summed E-state index contributed by atoms with van der Waals surface area (Å²) < 4.78 is 5.88. The summed E-state index contributed by atoms with van der Waals surface area (Å²) >= 11 is 0. The second-order valence-corrected chi connectivity index (χ2v) is 7.61. The van der Waals surface area contributed by atoms with Crippen molar-refractivity contribution in [1.82, 2.24) is 15.5 Å². The molecule has 0 spiro atoms. The zero-order valence-electron chi connectivity index (χ0n) is 17.0. The van der Waals surface area contributed by atoms with E-state index in [1.165, 1.54) is 6.92 Å². The minimum atomic E-state index is -1.31. The third-order valence-corrected chi connectivity index (χ3v) is 5.35. The number of hydrogen-bond acceptors (Lipinski definition) is 8. The van der Waals surface area contributed by atoms with Crippen molar-refractivity contribution in [2.75, 3.05) is 13.2 Å². The van der Waals surface area contributed by atoms with Gasteiger partial charge in [0.1, 0.15) is 24.4 Å². The molecule has 29 heavy (non-hydrogen) atoms. The van der Waals surface area contributed by atoms with Gasteiger partial charge in [0.05, 0.1) is 25.0 Å². The van der Waals surface area contributed by atoms with Crippen LogP contribution in [0.2, 0.25) is 0 Å². The van der Waals surface area contributed by atoms with Crippen molar-refractivity contribution in [3.63, 3.8) is 0 Å². The Morgan fingerprint density at radius 3 is 2.41 bits per heavy atom. The Hall–Kier alpha value is -1.65. The predicted molar refractivity (Wildman–Crippen MR) is 107 cm³/mol. The van der Waals surface area contributed by atoms with Crippen LogP contribution in [0.4, 0.5) is 0 Å². The number of nitrogens with two attached hydrogens (primary N) is 1. The summed E-state index contributed by atoms with van der Waals surface area (Å²) in [4.78, 5) is 11.7. The van der Waals surface area contributed by atoms with Crippen molar-refractivity contribution in [2.24, 2.45) is 5.73 Å². The average Bonchev–Trinajstić information content (AvgIpc) is 2.71. The van der Waals surface area contributed by atoms with Crippen LogP contribution >= 0.6 is 0 Å². The normalized spacial score (nSPS) is 27.0. The molecule has 1 fully saturated rings. The molecule has 2 rings (SSSR count). The first-order valence-electron chi connectivity index (χ1n) is 10.4. The highest BCUT2D eigenvalue weighted by molar-refractivity contribution is 5.73. The standard InChI is InChI=1S/C20H34N4O5/c1-13(26)24-17-19(28)18(27)16(12-25)29-20(17)15-11-23-22-10-14(15)8-6-4-2-3-5-7-9-21/h10-11,16-20,25,27-28H,2-9,12,21H2,1H3,(H,24,26)/t16-,17-,18+,19-,20-/m1/s1. The lowest BCUT2D eigenvalue weighted by Crippen LogP contribution is -2.60. The van der Waals surface area contributed by atoms with E-state index in [4.69, 9.17) is 10.5 Å². The molecule has 9 nitrogen and oxygen atoms in total. The van der Waals surface area contributed by atoms with Gasteiger partial charge in [-0.2, -0.15) is 10.2 Å². The van der Waals surface area contributed by atoms with Gasteiger partial charge in [-0.15, -0.1) is 0 Å². The number of hydrogen-bond donors (Lipinski definition) is 5. The Morgan fingerprint density at radius 1 is 1.10 bits per heavy atom. The third-order valence-electron chi connectivity index (χ3n) is 5.35. The van der Waals surface area contributed by atoms with Crippen LogP contribution in [0, 0.1) is 0 Å². The number of nitrogens with one attached hydrogen (secondary N) is 1. The Balaban J connectivity index is 2.10. The van der Waals surface area contributed by atoms with E-state index in [0.717, 1.165) is 57.1 Å². The summed E-state index contributed by atoms with van der Waals surface area (Å²) in [6.45, 7) is 1.63. The fourth-order valence-corrected chi connectivity index (χ4v) is 3.77. The van der Waals surface area contributed by atoms with Crippen molar-refractivity contribution >= 4 is 5.91 Å². The molecule has 6 N–H and O–H groups in total. The van der Waals surface area contributed by atoms with Crippen LogP contribution in [0.1, 0.15) is 62.7 Å². The van der Waals surface area contributed by atoms with Crippen LogP contribution in [0.15, 0.2) is 12.4 Å². The fraction of sp³-hybridized carbons (Fsp3) is 0.750. The third kappa shape index (κ3) is 6.68. The number of carbonyl (C=O) groups excluding carboxylic acids is 1. The van der Waals surface area contributed by atoms with Crippen molar-refractivity contribution < 1.29 is 24.9 Å². The molecule has 1 aliphatic heterocycles. The van der Waals surface area contributed by atoms with Crippen LogP contribution in [-0.4, -0.2) is 68.9 Å². The number of nitrogens with zero attached hydrogens (tertiary/aromatic N) is 2. The highest BCUT2D eigenvalue weighted by atomic mass is 16.5. The smallest absolute Gasteiger partial charge is 0.217 e. The molecule has 164 valence electrons. The van der Waals surface area contributed by atoms with Crippen LogP contribution in [0.5, 0.6) is 0 Å². The molecule has 0 radical (unpaired) electrons. The van der Waals surface area contributed by atoms with Gasteiger partial charge in [0, 0.05) is 12.5 Å². The summed E-state index contributed by atoms with van der Waals surface area (Å²) in [7, 11) is 0. The van der Waals surface area contributed by atoms with E-state index < -0.39 is 37.1 Å². The monoisotopic (exact) mass is 410 g/mol. The van der Waals surface area contributed by atoms with E-state index in [-0.39, 0.29) is 5.91 Å². The second-order valence-electron chi connectivity index (χ2n) is 7.61. The molecule has 0 bridgehead atoms. The number of aliphatic hydroxyl groups is 3. The van der Waals surface area contributed by atoms with Crippen molar-refractivity contribution in [1.29, 1.82) is 0 Å². The first-order valence-corrected chi connectivity index (χ1v) is 10.4. The highest BCUT2D eigenvalue weighted by Gasteiger charge is 2.45. The summed E-state index contributed by atoms with van der Waals surface area (Å²) in [5.74, 6) is -0.349. The van der Waals surface area contributed by atoms with Gasteiger partial charge in [-0.3, -0.25) is 4.79 Å². The maximum Gasteiger partial charge on any atom is 0.217 e. The van der Waals surface area contributed by atoms with Gasteiger partial charge in [-0.25, -0.2) is 0 Å². The number of rotatable bonds is 11. The van der Waals surface area contributed by atoms with E-state index in [0.29, 0.717) is 5.56 Å². The minimum absolute atomic E-state index is 0.349. The first kappa shape index (κ1) is 23.6. The number of aryl methyl sites for hydroxylation is 1. The molecule has 0 aromatic carbocycles. The molecule has 1 aliphatic rings. The lowest BCUT2D eigenvalue weighted by atomic mass is 9.87. The molecule has 1 aromatic heterocycles. The molecular formula is C20H34N4O5. The largest absolute Gasteiger partial charge is 0.394 e. The van der Waals surface area contributed by atoms with E-state index in [1.54, 1.807) is 12.4 Å². The Morgan fingerprint density at radius 2 is 1.76 bits per heavy atom. The average molecular weight is 411 g/mol. The molecule has 1 amide bonds. The van der Waals surface area contributed by atoms with Gasteiger partial charge in [-0.05, 0) is 31.4 Å². The molecule has 1 saturated heterocycles. The topological polar surface area (TPSA) is 151 Å². The van der Waals surface area contributed by atoms with Gasteiger partial charge in [0.25, 0.3) is 0 Å². The number of ether oxygens (including phenoxy) is 1. The number of aliphatic hydroxyl groups excluding tert-OH is 3. The van der Waals surface area contributed by atoms with Crippen LogP contribution in [0.3, 0.4) is 0 Å². The van der Waals surface area contributed by atoms with Gasteiger partial charge < -0.3 is 31.1 Å². The van der Waals surface area contributed by atoms with E-state index in [9.17, 15) is 20.1 Å². The Bertz CT molecular complexity index is 633. The van der Waals surface area contributed by atoms with Crippen LogP contribution < -0.4 is 11.1 Å². The van der Waals surface area contributed by atoms with Crippen molar-refractivity contribution in [3.05, 3.63) is 23.5 Å². The Labute approximate surface area is 171 Å². The molecule has 0 saturated carbocycles. The van der Waals surface area contributed by atoms with Crippen LogP contribution in [-0.2, 0) is 16.0 Å². The molecular weight excluding hydrogens is 376 g/mol. The first-order chi connectivity index (χ1) is 14.0. The number of amides is 1. The lowest BCUT2D eigenvalue weighted by molar-refractivity contribution is -0.197. The van der Waals surface area contributed by atoms with Gasteiger partial charge in [0.2, 0.25) is 5.91 Å². The van der Waals surface area contributed by atoms with Crippen LogP contribution in [0.25, 0.3) is 0 Å². The number of unbranched alkanes of at least 4 members (excludes halogenated alkanes) is 5. The van der Waals surface area contributed by atoms with E-state index >= 15 is 0 Å². The predicted octanol–water partition coefficient (Wildman–Crippen LogP) is -0.0229. The number of carbonyl (C=O) groups is 1. The minimum Gasteiger partial charge on any atom is -0.394 e. The summed E-state index contributed by atoms with van der Waals surface area (Å²) in [5.41, 5.74) is 7.13. The molecule has 0 unspecified atom stereocenters.